The summed E-state index contributed by atoms with van der Waals surface area (Å²) in [5, 5.41) is 0.0319. The van der Waals surface area contributed by atoms with Crippen molar-refractivity contribution in [3.63, 3.8) is 0 Å². The van der Waals surface area contributed by atoms with Gasteiger partial charge in [-0.1, -0.05) is 101 Å². The van der Waals surface area contributed by atoms with E-state index < -0.39 is 17.5 Å². The first-order chi connectivity index (χ1) is 17.8. The second-order valence-electron chi connectivity index (χ2n) is 8.90. The molecule has 0 aliphatic heterocycles. The number of benzene rings is 1. The van der Waals surface area contributed by atoms with Crippen LogP contribution in [0.1, 0.15) is 86.3 Å². The maximum atomic E-state index is 13.4. The first kappa shape index (κ1) is 38.3. The number of hydrogen-bond donors (Lipinski definition) is 0. The monoisotopic (exact) mass is 567 g/mol. The lowest BCUT2D eigenvalue weighted by Gasteiger charge is -2.13. The maximum absolute atomic E-state index is 13.4. The molecule has 1 unspecified atom stereocenters. The van der Waals surface area contributed by atoms with Crippen LogP contribution in [-0.4, -0.2) is 17.7 Å². The topological polar surface area (TPSA) is 42.6 Å². The van der Waals surface area contributed by atoms with Gasteiger partial charge in [0, 0.05) is 17.5 Å². The average molecular weight is 568 g/mol. The molecule has 0 aliphatic carbocycles. The number of halogens is 4. The fourth-order valence-corrected chi connectivity index (χ4v) is 3.34. The third-order valence-corrected chi connectivity index (χ3v) is 5.70. The van der Waals surface area contributed by atoms with Crippen LogP contribution in [0.25, 0.3) is 5.57 Å². The van der Waals surface area contributed by atoms with Gasteiger partial charge in [0.05, 0.1) is 23.8 Å². The molecule has 0 fully saturated rings. The lowest BCUT2D eigenvalue weighted by molar-refractivity contribution is -0.113. The molecule has 0 saturated heterocycles. The molecule has 0 saturated carbocycles. The van der Waals surface area contributed by atoms with E-state index in [0.29, 0.717) is 11.1 Å². The van der Waals surface area contributed by atoms with Crippen LogP contribution in [0.2, 0.25) is 0 Å². The second-order valence-corrected chi connectivity index (χ2v) is 9.47. The summed E-state index contributed by atoms with van der Waals surface area (Å²) in [7, 11) is 0. The Balaban J connectivity index is 0. The van der Waals surface area contributed by atoms with Gasteiger partial charge in [-0.15, -0.1) is 0 Å². The summed E-state index contributed by atoms with van der Waals surface area (Å²) in [6, 6.07) is 11.8. The largest absolute Gasteiger partial charge is 0.472 e. The van der Waals surface area contributed by atoms with Crippen molar-refractivity contribution in [2.24, 2.45) is 10.9 Å². The van der Waals surface area contributed by atoms with Gasteiger partial charge in [-0.2, -0.15) is 13.2 Å². The molecule has 0 aliphatic rings. The first-order valence-electron chi connectivity index (χ1n) is 12.7. The van der Waals surface area contributed by atoms with Crippen molar-refractivity contribution in [2.75, 3.05) is 0 Å². The summed E-state index contributed by atoms with van der Waals surface area (Å²) in [5.74, 6) is 0.439. The summed E-state index contributed by atoms with van der Waals surface area (Å²) >= 11 is 5.74. The highest BCUT2D eigenvalue weighted by molar-refractivity contribution is 6.31. The van der Waals surface area contributed by atoms with Crippen LogP contribution in [0.3, 0.4) is 0 Å². The van der Waals surface area contributed by atoms with E-state index in [0.717, 1.165) is 12.0 Å². The number of rotatable bonds is 8. The van der Waals surface area contributed by atoms with Gasteiger partial charge in [-0.3, -0.25) is 4.79 Å². The van der Waals surface area contributed by atoms with Crippen molar-refractivity contribution in [2.45, 2.75) is 88.3 Å². The number of carbonyl (C=O) groups is 1. The van der Waals surface area contributed by atoms with Crippen molar-refractivity contribution >= 4 is 28.7 Å². The van der Waals surface area contributed by atoms with E-state index in [1.807, 2.05) is 18.2 Å². The van der Waals surface area contributed by atoms with E-state index in [2.05, 4.69) is 44.8 Å². The fourth-order valence-electron chi connectivity index (χ4n) is 3.17. The predicted molar refractivity (Wildman–Crippen MR) is 161 cm³/mol. The fraction of sp³-hybridized carbons (Fsp3) is 0.438. The van der Waals surface area contributed by atoms with Crippen LogP contribution in [-0.2, 0) is 4.79 Å². The van der Waals surface area contributed by atoms with E-state index in [9.17, 15) is 18.0 Å². The summed E-state index contributed by atoms with van der Waals surface area (Å²) in [4.78, 5) is 15.3. The molecule has 0 amide bonds. The Labute approximate surface area is 238 Å². The summed E-state index contributed by atoms with van der Waals surface area (Å²) in [6.45, 7) is 14.3. The average Bonchev–Trinajstić information content (AvgIpc) is 3.38. The Morgan fingerprint density at radius 2 is 1.69 bits per heavy atom. The normalized spacial score (nSPS) is 13.6. The van der Waals surface area contributed by atoms with Crippen LogP contribution in [0.15, 0.2) is 86.8 Å². The van der Waals surface area contributed by atoms with Crippen LogP contribution in [0, 0.1) is 12.8 Å². The SMILES string of the molecule is C.CCCC(C)CC.C\C=C(/C=C(\C(C)=N\C(C(C)=O)=C(/C)Cl)C(F)(F)F)c1ccoc1.Cc1ccccc1. The summed E-state index contributed by atoms with van der Waals surface area (Å²) in [6.07, 6.45) is 4.64. The zero-order valence-corrected chi connectivity index (χ0v) is 24.5. The summed E-state index contributed by atoms with van der Waals surface area (Å²) < 4.78 is 45.2. The highest BCUT2D eigenvalue weighted by Crippen LogP contribution is 2.31. The highest BCUT2D eigenvalue weighted by Gasteiger charge is 2.36. The molecule has 0 N–H and O–H groups in total. The van der Waals surface area contributed by atoms with Crippen molar-refractivity contribution in [3.8, 4) is 0 Å². The van der Waals surface area contributed by atoms with E-state index in [1.54, 1.807) is 13.0 Å². The number of nitrogens with zero attached hydrogens (tertiary/aromatic N) is 1. The molecular weight excluding hydrogens is 523 g/mol. The number of aryl methyl sites for hydroxylation is 1. The van der Waals surface area contributed by atoms with E-state index in [-0.39, 0.29) is 23.9 Å². The predicted octanol–water partition coefficient (Wildman–Crippen LogP) is 11.2. The van der Waals surface area contributed by atoms with Gasteiger partial charge in [0.15, 0.2) is 5.78 Å². The van der Waals surface area contributed by atoms with Crippen LogP contribution >= 0.6 is 11.6 Å². The van der Waals surface area contributed by atoms with Gasteiger partial charge < -0.3 is 4.42 Å². The number of Topliss-reactive ketones (excluding diaryl/α,β-unsaturated/α-hetero) is 1. The van der Waals surface area contributed by atoms with E-state index in [1.165, 1.54) is 64.2 Å². The van der Waals surface area contributed by atoms with Crippen molar-refractivity contribution < 1.29 is 22.4 Å². The Morgan fingerprint density at radius 1 is 1.10 bits per heavy atom. The Hall–Kier alpha value is -2.86. The lowest BCUT2D eigenvalue weighted by Crippen LogP contribution is -2.19. The first-order valence-corrected chi connectivity index (χ1v) is 13.1. The number of allylic oxidation sites excluding steroid dienone is 6. The van der Waals surface area contributed by atoms with Gasteiger partial charge in [0.25, 0.3) is 0 Å². The molecule has 2 aromatic rings. The van der Waals surface area contributed by atoms with Crippen molar-refractivity contribution in [3.05, 3.63) is 88.5 Å². The molecule has 1 atom stereocenters. The Morgan fingerprint density at radius 3 is 2.00 bits per heavy atom. The Bertz CT molecular complexity index is 1080. The molecule has 7 heteroatoms. The van der Waals surface area contributed by atoms with Gasteiger partial charge in [-0.25, -0.2) is 4.99 Å². The zero-order valence-electron chi connectivity index (χ0n) is 23.7. The third kappa shape index (κ3) is 16.0. The van der Waals surface area contributed by atoms with Gasteiger partial charge >= 0.3 is 6.18 Å². The maximum Gasteiger partial charge on any atom is 0.418 e. The van der Waals surface area contributed by atoms with E-state index in [4.69, 9.17) is 16.0 Å². The molecule has 1 heterocycles. The van der Waals surface area contributed by atoms with Gasteiger partial charge in [-0.05, 0) is 51.3 Å². The molecular formula is C32H45ClF3NO2. The molecule has 0 bridgehead atoms. The molecule has 39 heavy (non-hydrogen) atoms. The zero-order chi connectivity index (χ0) is 29.3. The highest BCUT2D eigenvalue weighted by atomic mass is 35.5. The molecule has 0 spiro atoms. The Kier molecular flexibility index (Phi) is 19.7. The number of alkyl halides is 3. The van der Waals surface area contributed by atoms with Crippen LogP contribution in [0.5, 0.6) is 0 Å². The van der Waals surface area contributed by atoms with Crippen LogP contribution < -0.4 is 0 Å². The van der Waals surface area contributed by atoms with Crippen molar-refractivity contribution in [1.29, 1.82) is 0 Å². The minimum absolute atomic E-state index is 0. The molecule has 3 nitrogen and oxygen atoms in total. The quantitative estimate of drug-likeness (QED) is 0.181. The number of carbonyl (C=O) groups excluding carboxylic acids is 1. The number of hydrogen-bond acceptors (Lipinski definition) is 3. The molecule has 0 radical (unpaired) electrons. The second kappa shape index (κ2) is 20.1. The lowest BCUT2D eigenvalue weighted by atomic mass is 10.0. The number of furan rings is 1. The number of ketones is 1. The third-order valence-electron chi connectivity index (χ3n) is 5.52. The van der Waals surface area contributed by atoms with Gasteiger partial charge in [0.1, 0.15) is 5.70 Å². The minimum atomic E-state index is -4.65. The molecule has 218 valence electrons. The smallest absolute Gasteiger partial charge is 0.418 e. The minimum Gasteiger partial charge on any atom is -0.472 e. The number of aliphatic imine (C=N–C) groups is 1. The standard InChI is InChI=1S/C17H17ClF3NO2.C7H8.C7H16.CH4/c1-5-13(14-6-7-24-9-14)8-15(17(19,20)21)11(3)22-16(10(2)18)12(4)23;1-7-5-3-2-4-6-7;1-4-6-7(3)5-2;/h5-9H,1-4H3;2-6H,1H3;7H,4-6H2,1-3H3;1H4/b13-5+,15-8+,16-10+,22-11+;;;. The molecule has 1 aromatic heterocycles. The molecule has 2 rings (SSSR count). The van der Waals surface area contributed by atoms with Crippen LogP contribution in [0.4, 0.5) is 13.2 Å². The van der Waals surface area contributed by atoms with Crippen molar-refractivity contribution in [1.82, 2.24) is 0 Å². The molecule has 1 aromatic carbocycles. The summed E-state index contributed by atoms with van der Waals surface area (Å²) in [5.41, 5.74) is 0.630. The van der Waals surface area contributed by atoms with E-state index >= 15 is 0 Å². The van der Waals surface area contributed by atoms with Gasteiger partial charge in [0.2, 0.25) is 0 Å².